The van der Waals surface area contributed by atoms with Gasteiger partial charge in [0.1, 0.15) is 6.61 Å². The minimum atomic E-state index is -0.208. The van der Waals surface area contributed by atoms with Crippen LogP contribution in [-0.4, -0.2) is 71.0 Å². The topological polar surface area (TPSA) is 79.9 Å². The summed E-state index contributed by atoms with van der Waals surface area (Å²) in [6.07, 6.45) is 0. The van der Waals surface area contributed by atoms with Crippen LogP contribution in [0.5, 0.6) is 0 Å². The molecular weight excluding hydrogens is 226 g/mol. The zero-order valence-corrected chi connectivity index (χ0v) is 10.6. The average molecular weight is 247 g/mol. The Morgan fingerprint density at radius 1 is 1.12 bits per heavy atom. The number of methoxy groups -OCH3 is 1. The third-order valence-corrected chi connectivity index (χ3v) is 1.79. The van der Waals surface area contributed by atoms with E-state index in [-0.39, 0.29) is 18.5 Å². The van der Waals surface area contributed by atoms with Crippen LogP contribution in [-0.2, 0) is 14.3 Å². The lowest BCUT2D eigenvalue weighted by Crippen LogP contribution is -2.40. The molecule has 0 unspecified atom stereocenters. The van der Waals surface area contributed by atoms with Gasteiger partial charge < -0.3 is 25.0 Å². The van der Waals surface area contributed by atoms with Gasteiger partial charge in [-0.25, -0.2) is 4.79 Å². The molecule has 17 heavy (non-hydrogen) atoms. The molecule has 0 fully saturated rings. The van der Waals surface area contributed by atoms with Crippen LogP contribution in [0.3, 0.4) is 0 Å². The summed E-state index contributed by atoms with van der Waals surface area (Å²) in [5.74, 6) is -0.208. The van der Waals surface area contributed by atoms with Crippen LogP contribution in [0.15, 0.2) is 0 Å². The zero-order chi connectivity index (χ0) is 13.1. The van der Waals surface area contributed by atoms with Crippen molar-refractivity contribution in [1.82, 2.24) is 15.5 Å². The molecule has 2 N–H and O–H groups in total. The molecule has 0 saturated carbocycles. The molecule has 7 nitrogen and oxygen atoms in total. The lowest BCUT2D eigenvalue weighted by molar-refractivity contribution is -0.126. The number of hydrogen-bond donors (Lipinski definition) is 2. The van der Waals surface area contributed by atoms with E-state index in [4.69, 9.17) is 9.47 Å². The highest BCUT2D eigenvalue weighted by molar-refractivity contribution is 5.77. The number of hydrogen-bond acceptors (Lipinski definition) is 4. The van der Waals surface area contributed by atoms with E-state index >= 15 is 0 Å². The quantitative estimate of drug-likeness (QED) is 0.541. The van der Waals surface area contributed by atoms with Crippen molar-refractivity contribution in [3.05, 3.63) is 0 Å². The van der Waals surface area contributed by atoms with Crippen molar-refractivity contribution in [3.8, 4) is 0 Å². The van der Waals surface area contributed by atoms with Crippen molar-refractivity contribution in [2.24, 2.45) is 0 Å². The first-order valence-corrected chi connectivity index (χ1v) is 5.36. The van der Waals surface area contributed by atoms with Crippen molar-refractivity contribution in [2.75, 3.05) is 54.1 Å². The van der Waals surface area contributed by atoms with Crippen molar-refractivity contribution in [2.45, 2.75) is 0 Å². The molecule has 0 radical (unpaired) electrons. The summed E-state index contributed by atoms with van der Waals surface area (Å²) in [4.78, 5) is 23.7. The van der Waals surface area contributed by atoms with Gasteiger partial charge >= 0.3 is 6.03 Å². The van der Waals surface area contributed by atoms with Crippen LogP contribution in [0, 0.1) is 0 Å². The predicted molar refractivity (Wildman–Crippen MR) is 62.8 cm³/mol. The first kappa shape index (κ1) is 15.7. The van der Waals surface area contributed by atoms with Gasteiger partial charge in [-0.1, -0.05) is 0 Å². The second-order valence-corrected chi connectivity index (χ2v) is 3.52. The first-order chi connectivity index (χ1) is 8.07. The van der Waals surface area contributed by atoms with Crippen LogP contribution >= 0.6 is 0 Å². The third-order valence-electron chi connectivity index (χ3n) is 1.79. The fourth-order valence-electron chi connectivity index (χ4n) is 0.888. The van der Waals surface area contributed by atoms with Gasteiger partial charge in [-0.05, 0) is 0 Å². The van der Waals surface area contributed by atoms with Crippen molar-refractivity contribution >= 4 is 11.9 Å². The Labute approximate surface area is 101 Å². The van der Waals surface area contributed by atoms with Gasteiger partial charge in [0.05, 0.1) is 13.2 Å². The minimum absolute atomic E-state index is 0.00495. The van der Waals surface area contributed by atoms with Crippen LogP contribution < -0.4 is 10.6 Å². The molecule has 0 heterocycles. The molecule has 3 amide bonds. The maximum absolute atomic E-state index is 11.2. The molecule has 0 atom stereocenters. The second kappa shape index (κ2) is 9.86. The summed E-state index contributed by atoms with van der Waals surface area (Å²) < 4.78 is 9.78. The predicted octanol–water partition coefficient (Wildman–Crippen LogP) is -0.963. The summed E-state index contributed by atoms with van der Waals surface area (Å²) in [7, 11) is 4.87. The van der Waals surface area contributed by atoms with Gasteiger partial charge in [-0.2, -0.15) is 0 Å². The van der Waals surface area contributed by atoms with Crippen molar-refractivity contribution in [3.63, 3.8) is 0 Å². The molecular formula is C10H21N3O4. The highest BCUT2D eigenvalue weighted by Crippen LogP contribution is 1.77. The molecule has 7 heteroatoms. The number of rotatable bonds is 8. The third kappa shape index (κ3) is 9.58. The van der Waals surface area contributed by atoms with Gasteiger partial charge in [0, 0.05) is 34.3 Å². The van der Waals surface area contributed by atoms with Gasteiger partial charge in [0.25, 0.3) is 0 Å². The number of carbonyl (C=O) groups is 2. The largest absolute Gasteiger partial charge is 0.382 e. The van der Waals surface area contributed by atoms with Crippen molar-refractivity contribution < 1.29 is 19.1 Å². The molecule has 0 rings (SSSR count). The fourth-order valence-corrected chi connectivity index (χ4v) is 0.888. The Hall–Kier alpha value is -1.34. The Morgan fingerprint density at radius 3 is 2.35 bits per heavy atom. The van der Waals surface area contributed by atoms with Crippen molar-refractivity contribution in [1.29, 1.82) is 0 Å². The summed E-state index contributed by atoms with van der Waals surface area (Å²) in [6.45, 7) is 1.63. The highest BCUT2D eigenvalue weighted by atomic mass is 16.5. The van der Waals surface area contributed by atoms with E-state index < -0.39 is 0 Å². The number of carbonyl (C=O) groups excluding carboxylic acids is 2. The Kier molecular flexibility index (Phi) is 9.08. The number of amides is 3. The molecule has 0 aliphatic rings. The molecule has 0 aliphatic carbocycles. The standard InChI is InChI=1S/C10H21N3O4/c1-13(2)10(15)12-5-4-11-9(14)8-17-7-6-16-3/h4-8H2,1-3H3,(H,11,14)(H,12,15). The summed E-state index contributed by atoms with van der Waals surface area (Å²) in [5.41, 5.74) is 0. The van der Waals surface area contributed by atoms with E-state index in [1.807, 2.05) is 0 Å². The SMILES string of the molecule is COCCOCC(=O)NCCNC(=O)N(C)C. The molecule has 100 valence electrons. The molecule has 0 aliphatic heterocycles. The van der Waals surface area contributed by atoms with E-state index in [2.05, 4.69) is 10.6 Å². The van der Waals surface area contributed by atoms with Gasteiger partial charge in [0.15, 0.2) is 0 Å². The number of nitrogens with zero attached hydrogens (tertiary/aromatic N) is 1. The maximum atomic E-state index is 11.2. The highest BCUT2D eigenvalue weighted by Gasteiger charge is 2.03. The first-order valence-electron chi connectivity index (χ1n) is 5.36. The van der Waals surface area contributed by atoms with E-state index in [0.717, 1.165) is 0 Å². The summed E-state index contributed by atoms with van der Waals surface area (Å²) in [6, 6.07) is -0.185. The molecule has 0 aromatic rings. The van der Waals surface area contributed by atoms with Crippen LogP contribution in [0.2, 0.25) is 0 Å². The minimum Gasteiger partial charge on any atom is -0.382 e. The average Bonchev–Trinajstić information content (AvgIpc) is 2.29. The second-order valence-electron chi connectivity index (χ2n) is 3.52. The Balaban J connectivity index is 3.36. The normalized spacial score (nSPS) is 9.82. The molecule has 0 aromatic carbocycles. The lowest BCUT2D eigenvalue weighted by atomic mass is 10.5. The maximum Gasteiger partial charge on any atom is 0.316 e. The van der Waals surface area contributed by atoms with Gasteiger partial charge in [-0.15, -0.1) is 0 Å². The van der Waals surface area contributed by atoms with Gasteiger partial charge in [0.2, 0.25) is 5.91 Å². The van der Waals surface area contributed by atoms with Crippen LogP contribution in [0.4, 0.5) is 4.79 Å². The molecule has 0 saturated heterocycles. The molecule has 0 bridgehead atoms. The molecule has 0 spiro atoms. The lowest BCUT2D eigenvalue weighted by Gasteiger charge is -2.12. The van der Waals surface area contributed by atoms with E-state index in [1.54, 1.807) is 21.2 Å². The summed E-state index contributed by atoms with van der Waals surface area (Å²) >= 11 is 0. The van der Waals surface area contributed by atoms with Gasteiger partial charge in [-0.3, -0.25) is 4.79 Å². The number of ether oxygens (including phenoxy) is 2. The Bertz CT molecular complexity index is 234. The molecule has 0 aromatic heterocycles. The summed E-state index contributed by atoms with van der Waals surface area (Å²) in [5, 5.41) is 5.24. The zero-order valence-electron chi connectivity index (χ0n) is 10.6. The smallest absolute Gasteiger partial charge is 0.316 e. The van der Waals surface area contributed by atoms with Crippen LogP contribution in [0.1, 0.15) is 0 Å². The Morgan fingerprint density at radius 2 is 1.76 bits per heavy atom. The van der Waals surface area contributed by atoms with E-state index in [9.17, 15) is 9.59 Å². The van der Waals surface area contributed by atoms with E-state index in [0.29, 0.717) is 26.3 Å². The monoisotopic (exact) mass is 247 g/mol. The number of urea groups is 1. The fraction of sp³-hybridized carbons (Fsp3) is 0.800. The van der Waals surface area contributed by atoms with Crippen LogP contribution in [0.25, 0.3) is 0 Å². The number of nitrogens with one attached hydrogen (secondary N) is 2. The van der Waals surface area contributed by atoms with E-state index in [1.165, 1.54) is 4.90 Å².